The van der Waals surface area contributed by atoms with Crippen LogP contribution in [0.25, 0.3) is 22.2 Å². The molecule has 1 N–H and O–H groups in total. The molecule has 1 aromatic heterocycles. The second kappa shape index (κ2) is 10.3. The Kier molecular flexibility index (Phi) is 7.40. The summed E-state index contributed by atoms with van der Waals surface area (Å²) in [5.41, 5.74) is 2.77. The first-order chi connectivity index (χ1) is 16.3. The van der Waals surface area contributed by atoms with Gasteiger partial charge in [0.05, 0.1) is 15.6 Å². The minimum absolute atomic E-state index is 0.0557. The van der Waals surface area contributed by atoms with Crippen LogP contribution in [0.5, 0.6) is 5.75 Å². The summed E-state index contributed by atoms with van der Waals surface area (Å²) in [5.74, 6) is 0.0546. The Morgan fingerprint density at radius 2 is 1.88 bits per heavy atom. The van der Waals surface area contributed by atoms with E-state index in [0.717, 1.165) is 5.46 Å². The Morgan fingerprint density at radius 3 is 2.59 bits per heavy atom. The van der Waals surface area contributed by atoms with E-state index in [0.29, 0.717) is 40.2 Å². The fourth-order valence-electron chi connectivity index (χ4n) is 3.82. The molecule has 0 fully saturated rings. The lowest BCUT2D eigenvalue weighted by molar-refractivity contribution is -0.0494. The molecular weight excluding hydrogens is 487 g/mol. The highest BCUT2D eigenvalue weighted by molar-refractivity contribution is 6.66. The van der Waals surface area contributed by atoms with Crippen LogP contribution in [0.2, 0.25) is 16.9 Å². The molecule has 0 spiro atoms. The molecule has 0 atom stereocenters. The third-order valence-electron chi connectivity index (χ3n) is 5.41. The Hall–Kier alpha value is -2.68. The van der Waals surface area contributed by atoms with Crippen LogP contribution in [-0.2, 0) is 11.1 Å². The van der Waals surface area contributed by atoms with Crippen LogP contribution in [0.15, 0.2) is 48.5 Å². The number of para-hydroxylation sites is 1. The molecule has 4 nitrogen and oxygen atoms in total. The standard InChI is InChI=1S/C24H20BCl2F3N2O2/c1-3-33-25(2)14-9-8-13(17(28)11-14)10-20-31-18-12-16(26)21(22(27)23(18)32-20)15-6-4-5-7-19(15)34-24(29)30/h4-9,11-12,24H,3,10H2,1-2H3,(H,31,32). The lowest BCUT2D eigenvalue weighted by atomic mass is 9.63. The number of H-pyrrole nitrogens is 1. The Labute approximate surface area is 205 Å². The van der Waals surface area contributed by atoms with E-state index in [2.05, 4.69) is 14.7 Å². The zero-order chi connectivity index (χ0) is 24.4. The Morgan fingerprint density at radius 1 is 1.12 bits per heavy atom. The van der Waals surface area contributed by atoms with Crippen molar-refractivity contribution in [3.8, 4) is 16.9 Å². The third-order valence-corrected chi connectivity index (χ3v) is 6.08. The fourth-order valence-corrected chi connectivity index (χ4v) is 4.52. The predicted octanol–water partition coefficient (Wildman–Crippen LogP) is 6.73. The Bertz CT molecular complexity index is 1330. The molecule has 0 aliphatic rings. The fraction of sp³-hybridized carbons (Fsp3) is 0.208. The molecule has 0 radical (unpaired) electrons. The van der Waals surface area contributed by atoms with Gasteiger partial charge in [0.25, 0.3) is 0 Å². The van der Waals surface area contributed by atoms with Crippen molar-refractivity contribution in [2.45, 2.75) is 26.8 Å². The van der Waals surface area contributed by atoms with Gasteiger partial charge in [-0.05, 0) is 36.1 Å². The van der Waals surface area contributed by atoms with E-state index >= 15 is 0 Å². The zero-order valence-corrected chi connectivity index (χ0v) is 19.9. The number of hydrogen-bond acceptors (Lipinski definition) is 3. The van der Waals surface area contributed by atoms with Crippen LogP contribution in [0, 0.1) is 5.82 Å². The maximum absolute atomic E-state index is 14.7. The van der Waals surface area contributed by atoms with Gasteiger partial charge >= 0.3 is 13.5 Å². The predicted molar refractivity (Wildman–Crippen MR) is 130 cm³/mol. The van der Waals surface area contributed by atoms with Gasteiger partial charge in [0.2, 0.25) is 0 Å². The molecule has 4 rings (SSSR count). The number of alkyl halides is 2. The van der Waals surface area contributed by atoms with Gasteiger partial charge in [-0.2, -0.15) is 8.78 Å². The summed E-state index contributed by atoms with van der Waals surface area (Å²) in [6.07, 6.45) is 0.193. The van der Waals surface area contributed by atoms with E-state index in [9.17, 15) is 13.2 Å². The number of halogens is 5. The van der Waals surface area contributed by atoms with Gasteiger partial charge in [-0.15, -0.1) is 0 Å². The molecule has 4 aromatic rings. The lowest BCUT2D eigenvalue weighted by Gasteiger charge is -2.13. The summed E-state index contributed by atoms with van der Waals surface area (Å²) < 4.78 is 50.7. The highest BCUT2D eigenvalue weighted by atomic mass is 35.5. The number of fused-ring (bicyclic) bond motifs is 1. The molecule has 0 amide bonds. The van der Waals surface area contributed by atoms with Crippen molar-refractivity contribution >= 4 is 46.6 Å². The van der Waals surface area contributed by atoms with Crippen LogP contribution < -0.4 is 10.2 Å². The average molecular weight is 507 g/mol. The first kappa shape index (κ1) is 24.4. The smallest absolute Gasteiger partial charge is 0.387 e. The summed E-state index contributed by atoms with van der Waals surface area (Å²) in [6, 6.07) is 12.8. The topological polar surface area (TPSA) is 47.1 Å². The molecule has 0 saturated carbocycles. The van der Waals surface area contributed by atoms with Crippen LogP contribution in [0.4, 0.5) is 13.2 Å². The largest absolute Gasteiger partial charge is 0.434 e. The van der Waals surface area contributed by atoms with E-state index in [4.69, 9.17) is 27.9 Å². The molecule has 0 saturated heterocycles. The van der Waals surface area contributed by atoms with Crippen molar-refractivity contribution in [3.05, 3.63) is 75.8 Å². The van der Waals surface area contributed by atoms with Gasteiger partial charge in [-0.25, -0.2) is 9.37 Å². The number of hydrogen-bond donors (Lipinski definition) is 1. The molecule has 176 valence electrons. The Balaban J connectivity index is 1.70. The van der Waals surface area contributed by atoms with Crippen LogP contribution in [0.1, 0.15) is 18.3 Å². The highest BCUT2D eigenvalue weighted by Gasteiger charge is 2.21. The van der Waals surface area contributed by atoms with E-state index in [-0.39, 0.29) is 34.9 Å². The summed E-state index contributed by atoms with van der Waals surface area (Å²) in [6.45, 7) is 1.07. The zero-order valence-electron chi connectivity index (χ0n) is 18.3. The number of nitrogens with zero attached hydrogens (tertiary/aromatic N) is 1. The molecule has 3 aromatic carbocycles. The van der Waals surface area contributed by atoms with Crippen molar-refractivity contribution in [3.63, 3.8) is 0 Å². The van der Waals surface area contributed by atoms with Crippen molar-refractivity contribution in [1.82, 2.24) is 9.97 Å². The first-order valence-corrected chi connectivity index (χ1v) is 11.3. The summed E-state index contributed by atoms with van der Waals surface area (Å²) in [7, 11) is 0. The van der Waals surface area contributed by atoms with Crippen molar-refractivity contribution in [2.75, 3.05) is 6.61 Å². The van der Waals surface area contributed by atoms with Gasteiger partial charge in [0.15, 0.2) is 0 Å². The molecule has 0 aliphatic carbocycles. The second-order valence-electron chi connectivity index (χ2n) is 7.63. The van der Waals surface area contributed by atoms with Crippen molar-refractivity contribution < 1.29 is 22.6 Å². The first-order valence-electron chi connectivity index (χ1n) is 10.6. The quantitative estimate of drug-likeness (QED) is 0.269. The van der Waals surface area contributed by atoms with Crippen molar-refractivity contribution in [1.29, 1.82) is 0 Å². The maximum Gasteiger partial charge on any atom is 0.387 e. The van der Waals surface area contributed by atoms with E-state index in [1.807, 2.05) is 19.8 Å². The minimum Gasteiger partial charge on any atom is -0.434 e. The summed E-state index contributed by atoms with van der Waals surface area (Å²) >= 11 is 13.1. The molecule has 0 aliphatic heterocycles. The number of benzene rings is 3. The van der Waals surface area contributed by atoms with Gasteiger partial charge in [-0.1, -0.05) is 60.4 Å². The minimum atomic E-state index is -3.00. The van der Waals surface area contributed by atoms with E-state index in [1.54, 1.807) is 30.3 Å². The van der Waals surface area contributed by atoms with Crippen LogP contribution in [-0.4, -0.2) is 30.1 Å². The van der Waals surface area contributed by atoms with Crippen LogP contribution >= 0.6 is 23.2 Å². The monoisotopic (exact) mass is 506 g/mol. The van der Waals surface area contributed by atoms with Crippen LogP contribution in [0.3, 0.4) is 0 Å². The SMILES string of the molecule is CCOB(C)c1ccc(Cc2nc3c(Cl)c(-c4ccccc4OC(F)F)c(Cl)cc3[nH]2)c(F)c1. The third kappa shape index (κ3) is 5.04. The van der Waals surface area contributed by atoms with Gasteiger partial charge in [0, 0.05) is 24.2 Å². The number of rotatable bonds is 8. The number of nitrogens with one attached hydrogen (secondary N) is 1. The lowest BCUT2D eigenvalue weighted by Crippen LogP contribution is -2.30. The van der Waals surface area contributed by atoms with E-state index in [1.165, 1.54) is 12.1 Å². The van der Waals surface area contributed by atoms with E-state index < -0.39 is 6.61 Å². The summed E-state index contributed by atoms with van der Waals surface area (Å²) in [5, 5.41) is 0.412. The van der Waals surface area contributed by atoms with Gasteiger partial charge in [-0.3, -0.25) is 0 Å². The number of ether oxygens (including phenoxy) is 1. The molecule has 0 bridgehead atoms. The molecule has 1 heterocycles. The molecule has 34 heavy (non-hydrogen) atoms. The molecule has 10 heteroatoms. The second-order valence-corrected chi connectivity index (χ2v) is 8.41. The number of aromatic amines is 1. The highest BCUT2D eigenvalue weighted by Crippen LogP contribution is 2.43. The number of imidazole rings is 1. The van der Waals surface area contributed by atoms with Gasteiger partial charge < -0.3 is 14.4 Å². The molecule has 0 unspecified atom stereocenters. The van der Waals surface area contributed by atoms with Crippen molar-refractivity contribution in [2.24, 2.45) is 0 Å². The average Bonchev–Trinajstić information content (AvgIpc) is 3.18. The van der Waals surface area contributed by atoms with Gasteiger partial charge in [0.1, 0.15) is 22.9 Å². The summed E-state index contributed by atoms with van der Waals surface area (Å²) in [4.78, 5) is 7.64. The number of aromatic nitrogens is 2. The maximum atomic E-state index is 14.7. The normalized spacial score (nSPS) is 11.4. The molecular formula is C24H20BCl2F3N2O2.